The lowest BCUT2D eigenvalue weighted by Gasteiger charge is -2.30. The summed E-state index contributed by atoms with van der Waals surface area (Å²) in [5.41, 5.74) is 0.522. The van der Waals surface area contributed by atoms with Crippen LogP contribution in [0.4, 0.5) is 0 Å². The third kappa shape index (κ3) is 4.96. The molecule has 1 atom stereocenters. The fourth-order valence-electron chi connectivity index (χ4n) is 2.36. The number of nitrogens with zero attached hydrogens (tertiary/aromatic N) is 1. The molecule has 19 heavy (non-hydrogen) atoms. The second kappa shape index (κ2) is 7.06. The van der Waals surface area contributed by atoms with Crippen molar-refractivity contribution in [2.75, 3.05) is 13.6 Å². The van der Waals surface area contributed by atoms with Gasteiger partial charge in [0.05, 0.1) is 5.41 Å². The number of hydrogen-bond donors (Lipinski definition) is 1. The molecule has 1 aromatic rings. The van der Waals surface area contributed by atoms with Crippen molar-refractivity contribution in [2.45, 2.75) is 33.2 Å². The van der Waals surface area contributed by atoms with Crippen LogP contribution in [0.2, 0.25) is 0 Å². The van der Waals surface area contributed by atoms with Crippen molar-refractivity contribution in [1.29, 1.82) is 0 Å². The fourth-order valence-corrected chi connectivity index (χ4v) is 2.62. The Morgan fingerprint density at radius 2 is 1.95 bits per heavy atom. The van der Waals surface area contributed by atoms with E-state index in [0.717, 1.165) is 17.4 Å². The third-order valence-corrected chi connectivity index (χ3v) is 3.83. The highest BCUT2D eigenvalue weighted by Gasteiger charge is 2.33. The van der Waals surface area contributed by atoms with Gasteiger partial charge in [-0.25, -0.2) is 0 Å². The first kappa shape index (κ1) is 16.2. The van der Waals surface area contributed by atoms with Crippen molar-refractivity contribution in [3.8, 4) is 0 Å². The number of benzene rings is 1. The number of carboxylic acid groups (broad SMARTS) is 1. The average molecular weight is 328 g/mol. The molecule has 0 spiro atoms. The summed E-state index contributed by atoms with van der Waals surface area (Å²) in [5.74, 6) is -0.711. The number of hydrogen-bond acceptors (Lipinski definition) is 2. The quantitative estimate of drug-likeness (QED) is 0.828. The Morgan fingerprint density at radius 3 is 2.42 bits per heavy atom. The molecule has 0 saturated carbocycles. The van der Waals surface area contributed by atoms with E-state index in [9.17, 15) is 9.90 Å². The molecule has 0 aliphatic heterocycles. The van der Waals surface area contributed by atoms with Gasteiger partial charge in [0.15, 0.2) is 0 Å². The fraction of sp³-hybridized carbons (Fsp3) is 0.533. The minimum absolute atomic E-state index is 0.562. The van der Waals surface area contributed by atoms with Crippen LogP contribution < -0.4 is 0 Å². The van der Waals surface area contributed by atoms with Crippen molar-refractivity contribution < 1.29 is 9.90 Å². The molecule has 0 heterocycles. The van der Waals surface area contributed by atoms with Gasteiger partial charge in [-0.1, -0.05) is 41.4 Å². The predicted octanol–water partition coefficient (Wildman–Crippen LogP) is 3.77. The number of carboxylic acids is 1. The number of aliphatic carboxylic acids is 1. The van der Waals surface area contributed by atoms with E-state index in [2.05, 4.69) is 33.0 Å². The van der Waals surface area contributed by atoms with Gasteiger partial charge in [0.2, 0.25) is 0 Å². The molecule has 0 aromatic heterocycles. The van der Waals surface area contributed by atoms with Crippen LogP contribution >= 0.6 is 15.9 Å². The lowest BCUT2D eigenvalue weighted by molar-refractivity contribution is -0.149. The van der Waals surface area contributed by atoms with E-state index in [1.165, 1.54) is 5.56 Å². The van der Waals surface area contributed by atoms with Gasteiger partial charge in [0, 0.05) is 17.6 Å². The topological polar surface area (TPSA) is 40.5 Å². The van der Waals surface area contributed by atoms with Gasteiger partial charge in [0.25, 0.3) is 0 Å². The van der Waals surface area contributed by atoms with Gasteiger partial charge < -0.3 is 10.0 Å². The summed E-state index contributed by atoms with van der Waals surface area (Å²) in [4.78, 5) is 13.5. The lowest BCUT2D eigenvalue weighted by atomic mass is 9.85. The van der Waals surface area contributed by atoms with Gasteiger partial charge in [-0.2, -0.15) is 0 Å². The average Bonchev–Trinajstić information content (AvgIpc) is 2.32. The third-order valence-electron chi connectivity index (χ3n) is 3.30. The van der Waals surface area contributed by atoms with Crippen molar-refractivity contribution >= 4 is 21.9 Å². The summed E-state index contributed by atoms with van der Waals surface area (Å²) >= 11 is 3.41. The first-order valence-electron chi connectivity index (χ1n) is 6.54. The number of rotatable bonds is 7. The highest BCUT2D eigenvalue weighted by molar-refractivity contribution is 9.10. The Balaban J connectivity index is 2.65. The van der Waals surface area contributed by atoms with Crippen LogP contribution in [0, 0.1) is 5.41 Å². The summed E-state index contributed by atoms with van der Waals surface area (Å²) < 4.78 is 1.06. The summed E-state index contributed by atoms with van der Waals surface area (Å²) in [7, 11) is 1.97. The number of carbonyl (C=O) groups is 1. The standard InChI is InChI=1S/C15H22BrNO2/c1-4-9-15(2,14(18)19)11-17(3)10-12-5-7-13(16)8-6-12/h5-8H,4,9-11H2,1-3H3,(H,18,19). The smallest absolute Gasteiger partial charge is 0.310 e. The molecule has 1 N–H and O–H groups in total. The molecule has 106 valence electrons. The van der Waals surface area contributed by atoms with E-state index < -0.39 is 11.4 Å². The first-order chi connectivity index (χ1) is 8.87. The predicted molar refractivity (Wildman–Crippen MR) is 81.1 cm³/mol. The molecule has 0 aliphatic carbocycles. The van der Waals surface area contributed by atoms with Crippen LogP contribution in [0.15, 0.2) is 28.7 Å². The zero-order valence-electron chi connectivity index (χ0n) is 11.8. The molecule has 0 bridgehead atoms. The van der Waals surface area contributed by atoms with Gasteiger partial charge in [0.1, 0.15) is 0 Å². The van der Waals surface area contributed by atoms with Crippen LogP contribution in [0.5, 0.6) is 0 Å². The van der Waals surface area contributed by atoms with Gasteiger partial charge in [-0.05, 0) is 38.1 Å². The van der Waals surface area contributed by atoms with Crippen molar-refractivity contribution in [2.24, 2.45) is 5.41 Å². The zero-order valence-corrected chi connectivity index (χ0v) is 13.4. The van der Waals surface area contributed by atoms with Crippen molar-refractivity contribution in [3.05, 3.63) is 34.3 Å². The molecule has 0 aliphatic rings. The molecule has 0 amide bonds. The molecule has 0 saturated heterocycles. The van der Waals surface area contributed by atoms with Gasteiger partial charge in [-0.3, -0.25) is 4.79 Å². The summed E-state index contributed by atoms with van der Waals surface area (Å²) in [6.45, 7) is 5.18. The number of halogens is 1. The first-order valence-corrected chi connectivity index (χ1v) is 7.33. The Labute approximate surface area is 123 Å². The maximum atomic E-state index is 11.4. The summed E-state index contributed by atoms with van der Waals surface area (Å²) in [6, 6.07) is 8.12. The van der Waals surface area contributed by atoms with E-state index in [-0.39, 0.29) is 0 Å². The highest BCUT2D eigenvalue weighted by Crippen LogP contribution is 2.25. The van der Waals surface area contributed by atoms with E-state index in [1.807, 2.05) is 33.0 Å². The lowest BCUT2D eigenvalue weighted by Crippen LogP contribution is -2.39. The molecule has 1 aromatic carbocycles. The van der Waals surface area contributed by atoms with Gasteiger partial charge in [-0.15, -0.1) is 0 Å². The van der Waals surface area contributed by atoms with E-state index in [4.69, 9.17) is 0 Å². The second-order valence-corrected chi connectivity index (χ2v) is 6.33. The zero-order chi connectivity index (χ0) is 14.5. The summed E-state index contributed by atoms with van der Waals surface area (Å²) in [5, 5.41) is 9.38. The van der Waals surface area contributed by atoms with Crippen molar-refractivity contribution in [3.63, 3.8) is 0 Å². The summed E-state index contributed by atoms with van der Waals surface area (Å²) in [6.07, 6.45) is 1.59. The van der Waals surface area contributed by atoms with Crippen LogP contribution in [-0.4, -0.2) is 29.6 Å². The molecule has 3 nitrogen and oxygen atoms in total. The van der Waals surface area contributed by atoms with E-state index in [1.54, 1.807) is 0 Å². The minimum atomic E-state index is -0.711. The molecule has 1 rings (SSSR count). The monoisotopic (exact) mass is 327 g/mol. The molecule has 1 unspecified atom stereocenters. The molecule has 0 radical (unpaired) electrons. The van der Waals surface area contributed by atoms with Gasteiger partial charge >= 0.3 is 5.97 Å². The Bertz CT molecular complexity index is 419. The Morgan fingerprint density at radius 1 is 1.37 bits per heavy atom. The molecular weight excluding hydrogens is 306 g/mol. The molecule has 4 heteroatoms. The van der Waals surface area contributed by atoms with Crippen molar-refractivity contribution in [1.82, 2.24) is 4.90 Å². The van der Waals surface area contributed by atoms with E-state index >= 15 is 0 Å². The normalized spacial score (nSPS) is 14.4. The molecule has 0 fully saturated rings. The highest BCUT2D eigenvalue weighted by atomic mass is 79.9. The van der Waals surface area contributed by atoms with Crippen LogP contribution in [0.1, 0.15) is 32.3 Å². The maximum absolute atomic E-state index is 11.4. The van der Waals surface area contributed by atoms with Crippen LogP contribution in [0.3, 0.4) is 0 Å². The largest absolute Gasteiger partial charge is 0.481 e. The maximum Gasteiger partial charge on any atom is 0.310 e. The molecular formula is C15H22BrNO2. The van der Waals surface area contributed by atoms with Crippen LogP contribution in [0.25, 0.3) is 0 Å². The second-order valence-electron chi connectivity index (χ2n) is 5.41. The Kier molecular flexibility index (Phi) is 6.01. The Hall–Kier alpha value is -0.870. The minimum Gasteiger partial charge on any atom is -0.481 e. The van der Waals surface area contributed by atoms with E-state index in [0.29, 0.717) is 13.0 Å². The SMILES string of the molecule is CCCC(C)(CN(C)Cc1ccc(Br)cc1)C(=O)O. The van der Waals surface area contributed by atoms with Crippen LogP contribution in [-0.2, 0) is 11.3 Å².